The third-order valence-corrected chi connectivity index (χ3v) is 2.17. The summed E-state index contributed by atoms with van der Waals surface area (Å²) in [6, 6.07) is 3.85. The second-order valence-electron chi connectivity index (χ2n) is 4.76. The van der Waals surface area contributed by atoms with Crippen LogP contribution in [0.2, 0.25) is 0 Å². The number of imidazole rings is 1. The van der Waals surface area contributed by atoms with Crippen molar-refractivity contribution in [2.75, 3.05) is 6.61 Å². The lowest BCUT2D eigenvalue weighted by Crippen LogP contribution is -2.38. The number of ether oxygens (including phenoxy) is 1. The molecule has 0 fully saturated rings. The number of nitrogens with zero attached hydrogens (tertiary/aromatic N) is 2. The Morgan fingerprint density at radius 1 is 1.50 bits per heavy atom. The molecule has 0 unspecified atom stereocenters. The molecule has 0 aliphatic rings. The number of nitrogens with two attached hydrogens (primary N) is 1. The fourth-order valence-electron chi connectivity index (χ4n) is 1.49. The van der Waals surface area contributed by atoms with Gasteiger partial charge < -0.3 is 14.9 Å². The Morgan fingerprint density at radius 2 is 2.25 bits per heavy atom. The Kier molecular flexibility index (Phi) is 2.59. The highest BCUT2D eigenvalue weighted by Crippen LogP contribution is 2.19. The monoisotopic (exact) mass is 219 g/mol. The van der Waals surface area contributed by atoms with E-state index >= 15 is 0 Å². The third-order valence-electron chi connectivity index (χ3n) is 2.17. The standard InChI is InChI=1S/C12H17N3O/c1-9-7-15-6-4-5-10(11(15)14-9)16-8-12(2,3)13/h4-7H,8,13H2,1-3H3. The zero-order valence-electron chi connectivity index (χ0n) is 9.90. The molecule has 2 aromatic heterocycles. The van der Waals surface area contributed by atoms with Gasteiger partial charge in [-0.2, -0.15) is 0 Å². The summed E-state index contributed by atoms with van der Waals surface area (Å²) in [6.07, 6.45) is 3.92. The first-order chi connectivity index (χ1) is 7.46. The number of hydrogen-bond donors (Lipinski definition) is 1. The average molecular weight is 219 g/mol. The van der Waals surface area contributed by atoms with E-state index in [1.807, 2.05) is 49.7 Å². The summed E-state index contributed by atoms with van der Waals surface area (Å²) in [5, 5.41) is 0. The van der Waals surface area contributed by atoms with E-state index in [9.17, 15) is 0 Å². The molecule has 2 heterocycles. The topological polar surface area (TPSA) is 52.5 Å². The van der Waals surface area contributed by atoms with Crippen molar-refractivity contribution in [2.45, 2.75) is 26.3 Å². The molecule has 0 amide bonds. The van der Waals surface area contributed by atoms with Gasteiger partial charge in [-0.25, -0.2) is 4.98 Å². The molecule has 0 aromatic carbocycles. The zero-order valence-corrected chi connectivity index (χ0v) is 9.90. The van der Waals surface area contributed by atoms with Crippen LogP contribution in [0.15, 0.2) is 24.5 Å². The van der Waals surface area contributed by atoms with Crippen molar-refractivity contribution >= 4 is 5.65 Å². The maximum Gasteiger partial charge on any atom is 0.179 e. The minimum absolute atomic E-state index is 0.339. The van der Waals surface area contributed by atoms with E-state index < -0.39 is 0 Å². The van der Waals surface area contributed by atoms with Crippen molar-refractivity contribution in [3.05, 3.63) is 30.2 Å². The molecule has 4 heteroatoms. The lowest BCUT2D eigenvalue weighted by molar-refractivity contribution is 0.245. The Balaban J connectivity index is 2.30. The smallest absolute Gasteiger partial charge is 0.179 e. The molecule has 16 heavy (non-hydrogen) atoms. The summed E-state index contributed by atoms with van der Waals surface area (Å²) < 4.78 is 7.64. The number of rotatable bonds is 3. The number of pyridine rings is 1. The first-order valence-electron chi connectivity index (χ1n) is 5.32. The van der Waals surface area contributed by atoms with Crippen LogP contribution in [0, 0.1) is 6.92 Å². The highest BCUT2D eigenvalue weighted by molar-refractivity contribution is 5.54. The van der Waals surface area contributed by atoms with Crippen LogP contribution >= 0.6 is 0 Å². The van der Waals surface area contributed by atoms with Gasteiger partial charge in [-0.15, -0.1) is 0 Å². The van der Waals surface area contributed by atoms with E-state index in [-0.39, 0.29) is 5.54 Å². The predicted molar refractivity (Wildman–Crippen MR) is 63.7 cm³/mol. The summed E-state index contributed by atoms with van der Waals surface area (Å²) in [4.78, 5) is 4.41. The Bertz CT molecular complexity index is 496. The molecule has 2 N–H and O–H groups in total. The Hall–Kier alpha value is -1.55. The highest BCUT2D eigenvalue weighted by atomic mass is 16.5. The summed E-state index contributed by atoms with van der Waals surface area (Å²) in [7, 11) is 0. The van der Waals surface area contributed by atoms with Gasteiger partial charge >= 0.3 is 0 Å². The van der Waals surface area contributed by atoms with Gasteiger partial charge in [-0.05, 0) is 32.9 Å². The van der Waals surface area contributed by atoms with Crippen LogP contribution in [0.1, 0.15) is 19.5 Å². The zero-order chi connectivity index (χ0) is 11.8. The van der Waals surface area contributed by atoms with Gasteiger partial charge in [0.1, 0.15) is 6.61 Å². The van der Waals surface area contributed by atoms with Crippen molar-refractivity contribution < 1.29 is 4.74 Å². The summed E-state index contributed by atoms with van der Waals surface area (Å²) in [6.45, 7) is 6.30. The maximum absolute atomic E-state index is 5.88. The summed E-state index contributed by atoms with van der Waals surface area (Å²) >= 11 is 0. The Morgan fingerprint density at radius 3 is 2.94 bits per heavy atom. The van der Waals surface area contributed by atoms with Crippen molar-refractivity contribution in [1.29, 1.82) is 0 Å². The number of aromatic nitrogens is 2. The molecule has 0 radical (unpaired) electrons. The molecule has 4 nitrogen and oxygen atoms in total. The van der Waals surface area contributed by atoms with Crippen LogP contribution in [0.3, 0.4) is 0 Å². The fourth-order valence-corrected chi connectivity index (χ4v) is 1.49. The van der Waals surface area contributed by atoms with E-state index in [1.165, 1.54) is 0 Å². The van der Waals surface area contributed by atoms with Crippen LogP contribution in [0.4, 0.5) is 0 Å². The second kappa shape index (κ2) is 3.79. The van der Waals surface area contributed by atoms with Crippen LogP contribution in [0.5, 0.6) is 5.75 Å². The molecule has 0 atom stereocenters. The summed E-state index contributed by atoms with van der Waals surface area (Å²) in [5.74, 6) is 0.772. The third kappa shape index (κ3) is 2.33. The van der Waals surface area contributed by atoms with E-state index in [1.54, 1.807) is 0 Å². The van der Waals surface area contributed by atoms with Gasteiger partial charge in [-0.1, -0.05) is 0 Å². The normalized spacial score (nSPS) is 12.0. The highest BCUT2D eigenvalue weighted by Gasteiger charge is 2.13. The maximum atomic E-state index is 5.88. The molecule has 0 aliphatic carbocycles. The fraction of sp³-hybridized carbons (Fsp3) is 0.417. The lowest BCUT2D eigenvalue weighted by Gasteiger charge is -2.19. The van der Waals surface area contributed by atoms with Crippen LogP contribution in [-0.4, -0.2) is 21.5 Å². The molecule has 0 aliphatic heterocycles. The SMILES string of the molecule is Cc1cn2cccc(OCC(C)(C)N)c2n1. The number of fused-ring (bicyclic) bond motifs is 1. The molecule has 0 saturated carbocycles. The van der Waals surface area contributed by atoms with E-state index in [0.29, 0.717) is 6.61 Å². The minimum atomic E-state index is -0.339. The van der Waals surface area contributed by atoms with E-state index in [2.05, 4.69) is 4.98 Å². The molecule has 0 bridgehead atoms. The van der Waals surface area contributed by atoms with Crippen molar-refractivity contribution in [3.63, 3.8) is 0 Å². The largest absolute Gasteiger partial charge is 0.488 e. The van der Waals surface area contributed by atoms with E-state index in [4.69, 9.17) is 10.5 Å². The van der Waals surface area contributed by atoms with Crippen LogP contribution in [0.25, 0.3) is 5.65 Å². The Labute approximate surface area is 95.0 Å². The average Bonchev–Trinajstić information content (AvgIpc) is 2.54. The van der Waals surface area contributed by atoms with Crippen LogP contribution < -0.4 is 10.5 Å². The van der Waals surface area contributed by atoms with Gasteiger partial charge in [0.15, 0.2) is 11.4 Å². The van der Waals surface area contributed by atoms with Gasteiger partial charge in [0.2, 0.25) is 0 Å². The molecule has 0 spiro atoms. The number of hydrogen-bond acceptors (Lipinski definition) is 3. The first kappa shape index (κ1) is 11.0. The second-order valence-corrected chi connectivity index (χ2v) is 4.76. The molecule has 0 saturated heterocycles. The summed E-state index contributed by atoms with van der Waals surface area (Å²) in [5.41, 5.74) is 7.35. The quantitative estimate of drug-likeness (QED) is 0.855. The molecule has 86 valence electrons. The molecular weight excluding hydrogens is 202 g/mol. The van der Waals surface area contributed by atoms with Crippen molar-refractivity contribution in [3.8, 4) is 5.75 Å². The molecular formula is C12H17N3O. The minimum Gasteiger partial charge on any atom is -0.488 e. The van der Waals surface area contributed by atoms with Crippen molar-refractivity contribution in [2.24, 2.45) is 5.73 Å². The van der Waals surface area contributed by atoms with Gasteiger partial charge in [0, 0.05) is 17.9 Å². The van der Waals surface area contributed by atoms with E-state index in [0.717, 1.165) is 17.1 Å². The molecule has 2 rings (SSSR count). The van der Waals surface area contributed by atoms with Gasteiger partial charge in [0.25, 0.3) is 0 Å². The van der Waals surface area contributed by atoms with Gasteiger partial charge in [0.05, 0.1) is 5.69 Å². The van der Waals surface area contributed by atoms with Crippen LogP contribution in [-0.2, 0) is 0 Å². The number of aryl methyl sites for hydroxylation is 1. The lowest BCUT2D eigenvalue weighted by atomic mass is 10.1. The molecule has 2 aromatic rings. The van der Waals surface area contributed by atoms with Crippen molar-refractivity contribution in [1.82, 2.24) is 9.38 Å². The predicted octanol–water partition coefficient (Wildman–Crippen LogP) is 1.76. The van der Waals surface area contributed by atoms with Gasteiger partial charge in [-0.3, -0.25) is 0 Å². The first-order valence-corrected chi connectivity index (χ1v) is 5.32.